The predicted molar refractivity (Wildman–Crippen MR) is 68.2 cm³/mol. The summed E-state index contributed by atoms with van der Waals surface area (Å²) in [6, 6.07) is 1.56. The van der Waals surface area contributed by atoms with Crippen molar-refractivity contribution in [2.75, 3.05) is 0 Å². The van der Waals surface area contributed by atoms with Crippen LogP contribution in [0.3, 0.4) is 0 Å². The van der Waals surface area contributed by atoms with Crippen molar-refractivity contribution >= 4 is 22.6 Å². The van der Waals surface area contributed by atoms with E-state index in [2.05, 4.69) is 32.7 Å². The molecule has 0 unspecified atom stereocenters. The molecule has 0 bridgehead atoms. The Hall–Kier alpha value is -1.18. The van der Waals surface area contributed by atoms with Crippen LogP contribution >= 0.6 is 22.6 Å². The van der Waals surface area contributed by atoms with E-state index < -0.39 is 0 Å². The summed E-state index contributed by atoms with van der Waals surface area (Å²) >= 11 is 2.07. The molecule has 0 radical (unpaired) electrons. The summed E-state index contributed by atoms with van der Waals surface area (Å²) in [5.74, 6) is 0.846. The number of hydrogen-bond acceptors (Lipinski definition) is 3. The van der Waals surface area contributed by atoms with E-state index in [1.165, 1.54) is 4.68 Å². The van der Waals surface area contributed by atoms with Gasteiger partial charge in [0.1, 0.15) is 12.4 Å². The number of aromatic nitrogens is 4. The Bertz CT molecular complexity index is 546. The number of aryl methyl sites for hydroxylation is 1. The minimum absolute atomic E-state index is 0.0995. The maximum Gasteiger partial charge on any atom is 0.268 e. The summed E-state index contributed by atoms with van der Waals surface area (Å²) in [5.41, 5.74) is -0.0995. The van der Waals surface area contributed by atoms with Crippen molar-refractivity contribution in [2.24, 2.45) is 0 Å². The second kappa shape index (κ2) is 4.77. The first kappa shape index (κ1) is 11.3. The van der Waals surface area contributed by atoms with Crippen molar-refractivity contribution in [2.45, 2.75) is 20.0 Å². The van der Waals surface area contributed by atoms with Crippen LogP contribution in [0.4, 0.5) is 0 Å². The highest BCUT2D eigenvalue weighted by Gasteiger charge is 2.04. The average molecular weight is 330 g/mol. The zero-order valence-electron chi connectivity index (χ0n) is 8.80. The molecule has 0 aliphatic heterocycles. The van der Waals surface area contributed by atoms with Gasteiger partial charge in [0.15, 0.2) is 0 Å². The number of imidazole rings is 1. The molecule has 5 nitrogen and oxygen atoms in total. The second-order valence-electron chi connectivity index (χ2n) is 3.30. The van der Waals surface area contributed by atoms with E-state index in [0.717, 1.165) is 15.9 Å². The van der Waals surface area contributed by atoms with E-state index in [1.807, 2.05) is 17.7 Å². The van der Waals surface area contributed by atoms with Crippen molar-refractivity contribution in [3.8, 4) is 0 Å². The fourth-order valence-electron chi connectivity index (χ4n) is 1.44. The summed E-state index contributed by atoms with van der Waals surface area (Å²) < 4.78 is 4.25. The molecule has 0 aliphatic rings. The largest absolute Gasteiger partial charge is 0.334 e. The first-order valence-corrected chi connectivity index (χ1v) is 6.01. The number of hydrogen-bond donors (Lipinski definition) is 0. The highest BCUT2D eigenvalue weighted by molar-refractivity contribution is 14.1. The van der Waals surface area contributed by atoms with Gasteiger partial charge in [0.25, 0.3) is 5.56 Å². The quantitative estimate of drug-likeness (QED) is 0.793. The molecule has 0 fully saturated rings. The Morgan fingerprint density at radius 3 is 3.00 bits per heavy atom. The van der Waals surface area contributed by atoms with Crippen LogP contribution in [0.25, 0.3) is 0 Å². The Kier molecular flexibility index (Phi) is 3.37. The summed E-state index contributed by atoms with van der Waals surface area (Å²) in [6.07, 6.45) is 5.30. The molecular weight excluding hydrogens is 319 g/mol. The van der Waals surface area contributed by atoms with Crippen molar-refractivity contribution in [1.29, 1.82) is 0 Å². The lowest BCUT2D eigenvalue weighted by atomic mass is 10.5. The highest BCUT2D eigenvalue weighted by atomic mass is 127. The molecule has 0 atom stereocenters. The molecule has 0 saturated heterocycles. The van der Waals surface area contributed by atoms with Gasteiger partial charge in [0.2, 0.25) is 0 Å². The minimum atomic E-state index is -0.0995. The van der Waals surface area contributed by atoms with Crippen molar-refractivity contribution in [3.63, 3.8) is 0 Å². The lowest BCUT2D eigenvalue weighted by molar-refractivity contribution is 0.578. The van der Waals surface area contributed by atoms with Crippen molar-refractivity contribution in [1.82, 2.24) is 19.3 Å². The highest BCUT2D eigenvalue weighted by Crippen LogP contribution is 2.00. The van der Waals surface area contributed by atoms with Crippen LogP contribution in [0.15, 0.2) is 29.5 Å². The van der Waals surface area contributed by atoms with Gasteiger partial charge >= 0.3 is 0 Å². The Morgan fingerprint density at radius 2 is 2.31 bits per heavy atom. The van der Waals surface area contributed by atoms with Crippen LogP contribution in [-0.4, -0.2) is 19.3 Å². The lowest BCUT2D eigenvalue weighted by Crippen LogP contribution is -2.24. The van der Waals surface area contributed by atoms with E-state index >= 15 is 0 Å². The molecular formula is C10H11IN4O. The van der Waals surface area contributed by atoms with Gasteiger partial charge < -0.3 is 4.57 Å². The van der Waals surface area contributed by atoms with Crippen LogP contribution in [-0.2, 0) is 13.1 Å². The van der Waals surface area contributed by atoms with E-state index in [1.54, 1.807) is 18.5 Å². The van der Waals surface area contributed by atoms with E-state index in [9.17, 15) is 4.79 Å². The smallest absolute Gasteiger partial charge is 0.268 e. The summed E-state index contributed by atoms with van der Waals surface area (Å²) in [4.78, 5) is 15.8. The lowest BCUT2D eigenvalue weighted by Gasteiger charge is -2.06. The molecule has 2 rings (SSSR count). The maximum absolute atomic E-state index is 11.6. The molecule has 0 saturated carbocycles. The third-order valence-corrected chi connectivity index (χ3v) is 2.86. The molecule has 84 valence electrons. The zero-order valence-corrected chi connectivity index (χ0v) is 11.0. The first-order valence-electron chi connectivity index (χ1n) is 4.93. The number of halogens is 1. The van der Waals surface area contributed by atoms with Gasteiger partial charge in [-0.1, -0.05) is 0 Å². The van der Waals surface area contributed by atoms with Crippen molar-refractivity contribution < 1.29 is 0 Å². The second-order valence-corrected chi connectivity index (χ2v) is 4.54. The van der Waals surface area contributed by atoms with Gasteiger partial charge in [-0.15, -0.1) is 0 Å². The molecule has 0 aliphatic carbocycles. The number of nitrogens with zero attached hydrogens (tertiary/aromatic N) is 4. The molecule has 16 heavy (non-hydrogen) atoms. The first-order chi connectivity index (χ1) is 7.70. The van der Waals surface area contributed by atoms with Gasteiger partial charge in [-0.05, 0) is 29.5 Å². The van der Waals surface area contributed by atoms with Crippen LogP contribution in [0.1, 0.15) is 12.7 Å². The topological polar surface area (TPSA) is 52.7 Å². The Labute approximate surface area is 106 Å². The van der Waals surface area contributed by atoms with E-state index in [-0.39, 0.29) is 5.56 Å². The van der Waals surface area contributed by atoms with Gasteiger partial charge in [0.05, 0.1) is 6.20 Å². The van der Waals surface area contributed by atoms with Crippen LogP contribution < -0.4 is 5.56 Å². The van der Waals surface area contributed by atoms with E-state index in [4.69, 9.17) is 0 Å². The minimum Gasteiger partial charge on any atom is -0.334 e. The molecule has 0 spiro atoms. The monoisotopic (exact) mass is 330 g/mol. The van der Waals surface area contributed by atoms with Gasteiger partial charge in [-0.2, -0.15) is 5.10 Å². The molecule has 0 aromatic carbocycles. The molecule has 2 aromatic heterocycles. The Morgan fingerprint density at radius 1 is 1.50 bits per heavy atom. The third kappa shape index (κ3) is 2.31. The fourth-order valence-corrected chi connectivity index (χ4v) is 1.83. The third-order valence-electron chi connectivity index (χ3n) is 2.27. The SMILES string of the molecule is CCn1ccnc1Cn1ncc(I)cc1=O. The summed E-state index contributed by atoms with van der Waals surface area (Å²) in [5, 5.41) is 4.07. The molecule has 0 amide bonds. The molecule has 6 heteroatoms. The normalized spacial score (nSPS) is 10.6. The van der Waals surface area contributed by atoms with Crippen LogP contribution in [0.5, 0.6) is 0 Å². The molecule has 2 heterocycles. The summed E-state index contributed by atoms with van der Waals surface area (Å²) in [7, 11) is 0. The summed E-state index contributed by atoms with van der Waals surface area (Å²) in [6.45, 7) is 3.29. The average Bonchev–Trinajstić information content (AvgIpc) is 2.69. The fraction of sp³-hybridized carbons (Fsp3) is 0.300. The number of rotatable bonds is 3. The maximum atomic E-state index is 11.6. The van der Waals surface area contributed by atoms with Crippen molar-refractivity contribution in [3.05, 3.63) is 44.4 Å². The molecule has 0 N–H and O–H groups in total. The standard InChI is InChI=1S/C10H11IN4O/c1-2-14-4-3-12-9(14)7-15-10(16)5-8(11)6-13-15/h3-6H,2,7H2,1H3. The zero-order chi connectivity index (χ0) is 11.5. The van der Waals surface area contributed by atoms with Gasteiger partial charge in [0, 0.05) is 28.6 Å². The predicted octanol–water partition coefficient (Wildman–Crippen LogP) is 1.11. The van der Waals surface area contributed by atoms with E-state index in [0.29, 0.717) is 6.54 Å². The van der Waals surface area contributed by atoms with Gasteiger partial charge in [-0.25, -0.2) is 9.67 Å². The van der Waals surface area contributed by atoms with Crippen LogP contribution in [0.2, 0.25) is 0 Å². The Balaban J connectivity index is 2.31. The van der Waals surface area contributed by atoms with Gasteiger partial charge in [-0.3, -0.25) is 4.79 Å². The molecule has 2 aromatic rings. The van der Waals surface area contributed by atoms with Crippen LogP contribution in [0, 0.1) is 3.57 Å².